The van der Waals surface area contributed by atoms with E-state index in [-0.39, 0.29) is 0 Å². The van der Waals surface area contributed by atoms with E-state index in [9.17, 15) is 4.79 Å². The van der Waals surface area contributed by atoms with Gasteiger partial charge in [0.15, 0.2) is 11.9 Å². The fraction of sp³-hybridized carbons (Fsp3) is 0.250. The molecule has 0 aromatic carbocycles. The largest absolute Gasteiger partial charge is 0.486 e. The Bertz CT molecular complexity index is 855. The highest BCUT2D eigenvalue weighted by Crippen LogP contribution is 2.22. The Balaban J connectivity index is 1.93. The molecule has 0 bridgehead atoms. The van der Waals surface area contributed by atoms with Crippen molar-refractivity contribution in [2.45, 2.75) is 20.5 Å². The average Bonchev–Trinajstić information content (AvgIpc) is 2.81. The monoisotopic (exact) mass is 296 g/mol. The molecule has 0 saturated heterocycles. The smallest absolute Gasteiger partial charge is 0.172 e. The number of rotatable bonds is 4. The van der Waals surface area contributed by atoms with E-state index in [1.807, 2.05) is 33.0 Å². The van der Waals surface area contributed by atoms with Crippen molar-refractivity contribution < 1.29 is 9.53 Å². The number of ether oxygens (including phenoxy) is 1. The third-order valence-electron chi connectivity index (χ3n) is 3.51. The molecule has 0 unspecified atom stereocenters. The Morgan fingerprint density at radius 1 is 1.27 bits per heavy atom. The molecule has 0 N–H and O–H groups in total. The molecule has 3 heterocycles. The minimum Gasteiger partial charge on any atom is -0.486 e. The number of carbonyl (C=O) groups is 1. The minimum atomic E-state index is 0.313. The van der Waals surface area contributed by atoms with Crippen molar-refractivity contribution in [1.82, 2.24) is 19.7 Å². The van der Waals surface area contributed by atoms with Gasteiger partial charge in [0, 0.05) is 29.9 Å². The van der Waals surface area contributed by atoms with Crippen LogP contribution in [0.1, 0.15) is 27.4 Å². The molecule has 6 heteroatoms. The number of hydrogen-bond donors (Lipinski definition) is 0. The van der Waals surface area contributed by atoms with Crippen LogP contribution in [0.4, 0.5) is 0 Å². The van der Waals surface area contributed by atoms with Gasteiger partial charge in [0.1, 0.15) is 18.1 Å². The number of carbonyl (C=O) groups excluding carboxylic acids is 1. The van der Waals surface area contributed by atoms with Gasteiger partial charge in [-0.3, -0.25) is 9.48 Å². The molecule has 0 aliphatic rings. The number of hydrogen-bond acceptors (Lipinski definition) is 5. The summed E-state index contributed by atoms with van der Waals surface area (Å²) in [6, 6.07) is 5.49. The quantitative estimate of drug-likeness (QED) is 0.691. The number of pyridine rings is 2. The Labute approximate surface area is 127 Å². The highest BCUT2D eigenvalue weighted by atomic mass is 16.5. The first-order chi connectivity index (χ1) is 10.6. The van der Waals surface area contributed by atoms with E-state index in [1.54, 1.807) is 16.9 Å². The van der Waals surface area contributed by atoms with Crippen molar-refractivity contribution in [3.63, 3.8) is 0 Å². The van der Waals surface area contributed by atoms with E-state index in [1.165, 1.54) is 0 Å². The van der Waals surface area contributed by atoms with Crippen LogP contribution in [-0.4, -0.2) is 26.0 Å². The van der Waals surface area contributed by atoms with Gasteiger partial charge in [-0.05, 0) is 32.0 Å². The van der Waals surface area contributed by atoms with Crippen molar-refractivity contribution in [3.05, 3.63) is 47.0 Å². The molecule has 3 rings (SSSR count). The molecule has 6 nitrogen and oxygen atoms in total. The zero-order chi connectivity index (χ0) is 15.7. The Morgan fingerprint density at radius 3 is 2.86 bits per heavy atom. The second-order valence-corrected chi connectivity index (χ2v) is 5.12. The van der Waals surface area contributed by atoms with E-state index in [4.69, 9.17) is 4.74 Å². The van der Waals surface area contributed by atoms with E-state index >= 15 is 0 Å². The van der Waals surface area contributed by atoms with E-state index in [0.717, 1.165) is 28.0 Å². The van der Waals surface area contributed by atoms with Crippen molar-refractivity contribution in [2.24, 2.45) is 7.05 Å². The van der Waals surface area contributed by atoms with E-state index in [2.05, 4.69) is 15.1 Å². The Morgan fingerprint density at radius 2 is 2.09 bits per heavy atom. The maximum Gasteiger partial charge on any atom is 0.172 e. The van der Waals surface area contributed by atoms with Crippen LogP contribution in [0.5, 0.6) is 5.75 Å². The molecule has 0 radical (unpaired) electrons. The third-order valence-corrected chi connectivity index (χ3v) is 3.51. The van der Waals surface area contributed by atoms with Gasteiger partial charge in [-0.15, -0.1) is 0 Å². The lowest BCUT2D eigenvalue weighted by Gasteiger charge is -2.09. The van der Waals surface area contributed by atoms with Gasteiger partial charge in [0.25, 0.3) is 0 Å². The molecule has 22 heavy (non-hydrogen) atoms. The highest BCUT2D eigenvalue weighted by Gasteiger charge is 2.12. The van der Waals surface area contributed by atoms with E-state index in [0.29, 0.717) is 24.3 Å². The molecular weight excluding hydrogens is 280 g/mol. The summed E-state index contributed by atoms with van der Waals surface area (Å²) in [5, 5.41) is 5.37. The molecule has 0 fully saturated rings. The predicted molar refractivity (Wildman–Crippen MR) is 81.9 cm³/mol. The van der Waals surface area contributed by atoms with Crippen molar-refractivity contribution in [1.29, 1.82) is 0 Å². The van der Waals surface area contributed by atoms with Crippen LogP contribution >= 0.6 is 0 Å². The lowest BCUT2D eigenvalue weighted by atomic mass is 10.1. The number of aryl methyl sites for hydroxylation is 3. The summed E-state index contributed by atoms with van der Waals surface area (Å²) in [6.07, 6.45) is 2.44. The van der Waals surface area contributed by atoms with Gasteiger partial charge in [-0.25, -0.2) is 9.97 Å². The normalized spacial score (nSPS) is 10.9. The molecule has 112 valence electrons. The predicted octanol–water partition coefficient (Wildman–Crippen LogP) is 2.37. The summed E-state index contributed by atoms with van der Waals surface area (Å²) >= 11 is 0. The molecule has 0 aliphatic carbocycles. The van der Waals surface area contributed by atoms with Crippen LogP contribution in [0.2, 0.25) is 0 Å². The van der Waals surface area contributed by atoms with Gasteiger partial charge < -0.3 is 4.74 Å². The van der Waals surface area contributed by atoms with Crippen LogP contribution in [-0.2, 0) is 13.7 Å². The van der Waals surface area contributed by atoms with Crippen LogP contribution in [0.25, 0.3) is 11.0 Å². The second-order valence-electron chi connectivity index (χ2n) is 5.12. The topological polar surface area (TPSA) is 69.9 Å². The van der Waals surface area contributed by atoms with Gasteiger partial charge in [0.05, 0.1) is 5.69 Å². The Hall–Kier alpha value is -2.76. The first-order valence-electron chi connectivity index (χ1n) is 6.93. The maximum absolute atomic E-state index is 11.1. The zero-order valence-electron chi connectivity index (χ0n) is 12.7. The Kier molecular flexibility index (Phi) is 3.58. The standard InChI is InChI=1S/C16H16N4O2/c1-10-4-5-14(13(8-21)18-10)22-9-12-6-7-17-16-15(12)11(2)19-20(16)3/h4-8H,9H2,1-3H3. The number of aromatic nitrogens is 4. The minimum absolute atomic E-state index is 0.313. The summed E-state index contributed by atoms with van der Waals surface area (Å²) in [5.74, 6) is 0.479. The fourth-order valence-electron chi connectivity index (χ4n) is 2.50. The lowest BCUT2D eigenvalue weighted by Crippen LogP contribution is -2.02. The van der Waals surface area contributed by atoms with Crippen LogP contribution < -0.4 is 4.74 Å². The molecule has 0 spiro atoms. The summed E-state index contributed by atoms with van der Waals surface area (Å²) in [4.78, 5) is 19.6. The van der Waals surface area contributed by atoms with Gasteiger partial charge in [0.2, 0.25) is 0 Å². The highest BCUT2D eigenvalue weighted by molar-refractivity contribution is 5.82. The molecule has 3 aromatic heterocycles. The third kappa shape index (κ3) is 2.43. The summed E-state index contributed by atoms with van der Waals surface area (Å²) in [7, 11) is 1.86. The zero-order valence-corrected chi connectivity index (χ0v) is 12.7. The number of fused-ring (bicyclic) bond motifs is 1. The number of aldehydes is 1. The SMILES string of the molecule is Cc1ccc(OCc2ccnc3c2c(C)nn3C)c(C=O)n1. The molecule has 0 atom stereocenters. The number of nitrogens with zero attached hydrogens (tertiary/aromatic N) is 4. The maximum atomic E-state index is 11.1. The van der Waals surface area contributed by atoms with Crippen LogP contribution in [0, 0.1) is 13.8 Å². The molecule has 0 amide bonds. The molecule has 3 aromatic rings. The summed E-state index contributed by atoms with van der Waals surface area (Å²) in [6.45, 7) is 4.11. The van der Waals surface area contributed by atoms with Crippen molar-refractivity contribution >= 4 is 17.3 Å². The van der Waals surface area contributed by atoms with Gasteiger partial charge in [-0.2, -0.15) is 5.10 Å². The summed E-state index contributed by atoms with van der Waals surface area (Å²) < 4.78 is 7.53. The molecular formula is C16H16N4O2. The first kappa shape index (κ1) is 14.2. The first-order valence-corrected chi connectivity index (χ1v) is 6.93. The molecule has 0 aliphatic heterocycles. The lowest BCUT2D eigenvalue weighted by molar-refractivity contribution is 0.111. The average molecular weight is 296 g/mol. The summed E-state index contributed by atoms with van der Waals surface area (Å²) in [5.41, 5.74) is 3.79. The van der Waals surface area contributed by atoms with Crippen LogP contribution in [0.3, 0.4) is 0 Å². The van der Waals surface area contributed by atoms with E-state index < -0.39 is 0 Å². The van der Waals surface area contributed by atoms with Gasteiger partial charge in [-0.1, -0.05) is 0 Å². The fourth-order valence-corrected chi connectivity index (χ4v) is 2.50. The van der Waals surface area contributed by atoms with Crippen molar-refractivity contribution in [3.8, 4) is 5.75 Å². The van der Waals surface area contributed by atoms with Crippen molar-refractivity contribution in [2.75, 3.05) is 0 Å². The van der Waals surface area contributed by atoms with Crippen LogP contribution in [0.15, 0.2) is 24.4 Å². The molecule has 0 saturated carbocycles. The second kappa shape index (κ2) is 5.55. The van der Waals surface area contributed by atoms with Gasteiger partial charge >= 0.3 is 0 Å².